The van der Waals surface area contributed by atoms with E-state index in [1.54, 1.807) is 7.11 Å². The molecular weight excluding hydrogens is 306 g/mol. The zero-order valence-corrected chi connectivity index (χ0v) is 13.9. The molecule has 1 fully saturated rings. The Hall–Kier alpha value is -2.27. The second-order valence-electron chi connectivity index (χ2n) is 6.36. The van der Waals surface area contributed by atoms with E-state index < -0.39 is 0 Å². The third-order valence-electron chi connectivity index (χ3n) is 4.55. The highest BCUT2D eigenvalue weighted by Gasteiger charge is 2.22. The van der Waals surface area contributed by atoms with Crippen LogP contribution in [0.25, 0.3) is 0 Å². The first-order chi connectivity index (χ1) is 11.7. The number of methoxy groups -OCH3 is 1. The van der Waals surface area contributed by atoms with Gasteiger partial charge in [0.25, 0.3) is 0 Å². The van der Waals surface area contributed by atoms with Gasteiger partial charge in [-0.1, -0.05) is 18.2 Å². The summed E-state index contributed by atoms with van der Waals surface area (Å²) in [6, 6.07) is 9.53. The van der Waals surface area contributed by atoms with Crippen LogP contribution in [0.15, 0.2) is 45.8 Å². The maximum Gasteiger partial charge on any atom is 0.226 e. The van der Waals surface area contributed by atoms with Crippen LogP contribution in [0.1, 0.15) is 24.2 Å². The van der Waals surface area contributed by atoms with Crippen molar-refractivity contribution in [1.82, 2.24) is 4.90 Å². The van der Waals surface area contributed by atoms with Crippen LogP contribution in [0.5, 0.6) is 11.5 Å². The number of ether oxygens (including phenoxy) is 1. The highest BCUT2D eigenvalue weighted by Crippen LogP contribution is 2.26. The van der Waals surface area contributed by atoms with Crippen LogP contribution in [-0.2, 0) is 13.0 Å². The molecule has 1 aromatic carbocycles. The lowest BCUT2D eigenvalue weighted by atomic mass is 9.91. The summed E-state index contributed by atoms with van der Waals surface area (Å²) in [7, 11) is 1.71. The zero-order chi connectivity index (χ0) is 16.9. The summed E-state index contributed by atoms with van der Waals surface area (Å²) in [5.74, 6) is 1.75. The maximum absolute atomic E-state index is 11.5. The lowest BCUT2D eigenvalue weighted by Crippen LogP contribution is -2.35. The quantitative estimate of drug-likeness (QED) is 0.914. The van der Waals surface area contributed by atoms with Gasteiger partial charge in [0.15, 0.2) is 5.75 Å². The summed E-state index contributed by atoms with van der Waals surface area (Å²) in [6.07, 6.45) is 4.42. The number of hydrogen-bond acceptors (Lipinski definition) is 5. The van der Waals surface area contributed by atoms with E-state index in [0.29, 0.717) is 18.2 Å². The van der Waals surface area contributed by atoms with Gasteiger partial charge in [0, 0.05) is 12.6 Å². The number of benzene rings is 1. The van der Waals surface area contributed by atoms with E-state index in [4.69, 9.17) is 9.15 Å². The Bertz CT molecular complexity index is 740. The molecule has 1 aromatic heterocycles. The smallest absolute Gasteiger partial charge is 0.226 e. The van der Waals surface area contributed by atoms with Gasteiger partial charge in [-0.15, -0.1) is 0 Å². The fourth-order valence-corrected chi connectivity index (χ4v) is 3.39. The predicted octanol–water partition coefficient (Wildman–Crippen LogP) is 2.81. The predicted molar refractivity (Wildman–Crippen MR) is 91.3 cm³/mol. The summed E-state index contributed by atoms with van der Waals surface area (Å²) >= 11 is 0. The lowest BCUT2D eigenvalue weighted by Gasteiger charge is -2.32. The SMILES string of the molecule is COc1ccccc1CC1CCCN(Cc2cc(=O)c(O)co2)C1. The molecule has 0 spiro atoms. The highest BCUT2D eigenvalue weighted by molar-refractivity contribution is 5.33. The number of para-hydroxylation sites is 1. The molecule has 0 amide bonds. The Kier molecular flexibility index (Phi) is 5.20. The number of nitrogens with zero attached hydrogens (tertiary/aromatic N) is 1. The van der Waals surface area contributed by atoms with Crippen molar-refractivity contribution >= 4 is 0 Å². The molecule has 1 aliphatic rings. The Morgan fingerprint density at radius 1 is 1.38 bits per heavy atom. The lowest BCUT2D eigenvalue weighted by molar-refractivity contribution is 0.155. The van der Waals surface area contributed by atoms with E-state index >= 15 is 0 Å². The summed E-state index contributed by atoms with van der Waals surface area (Å²) in [5.41, 5.74) is 0.849. The van der Waals surface area contributed by atoms with Gasteiger partial charge >= 0.3 is 0 Å². The molecule has 1 saturated heterocycles. The van der Waals surface area contributed by atoms with Crippen LogP contribution < -0.4 is 10.2 Å². The molecule has 0 bridgehead atoms. The van der Waals surface area contributed by atoms with E-state index in [0.717, 1.165) is 37.9 Å². The van der Waals surface area contributed by atoms with Crippen molar-refractivity contribution < 1.29 is 14.3 Å². The summed E-state index contributed by atoms with van der Waals surface area (Å²) in [4.78, 5) is 13.8. The molecule has 1 aliphatic heterocycles. The molecule has 5 nitrogen and oxygen atoms in total. The molecular formula is C19H23NO4. The normalized spacial score (nSPS) is 18.5. The van der Waals surface area contributed by atoms with Crippen molar-refractivity contribution in [3.63, 3.8) is 0 Å². The minimum Gasteiger partial charge on any atom is -0.502 e. The maximum atomic E-state index is 11.5. The summed E-state index contributed by atoms with van der Waals surface area (Å²) in [5, 5.41) is 9.27. The standard InChI is InChI=1S/C19H23NO4/c1-23-19-7-3-2-6-15(19)9-14-5-4-8-20(11-14)12-16-10-17(21)18(22)13-24-16/h2-3,6-7,10,13-14,22H,4-5,8-9,11-12H2,1H3. The van der Waals surface area contributed by atoms with E-state index in [1.165, 1.54) is 18.1 Å². The number of likely N-dealkylation sites (tertiary alicyclic amines) is 1. The Morgan fingerprint density at radius 3 is 3.00 bits per heavy atom. The van der Waals surface area contributed by atoms with Crippen LogP contribution in [0, 0.1) is 5.92 Å². The van der Waals surface area contributed by atoms with Gasteiger partial charge in [-0.2, -0.15) is 0 Å². The van der Waals surface area contributed by atoms with Crippen LogP contribution in [0.3, 0.4) is 0 Å². The van der Waals surface area contributed by atoms with Crippen molar-refractivity contribution in [3.8, 4) is 11.5 Å². The molecule has 3 rings (SSSR count). The minimum absolute atomic E-state index is 0.341. The number of rotatable bonds is 5. The molecule has 1 atom stereocenters. The largest absolute Gasteiger partial charge is 0.502 e. The van der Waals surface area contributed by atoms with Gasteiger partial charge in [0.1, 0.15) is 17.8 Å². The molecule has 2 aromatic rings. The molecule has 2 heterocycles. The number of piperidine rings is 1. The summed E-state index contributed by atoms with van der Waals surface area (Å²) < 4.78 is 10.8. The molecule has 5 heteroatoms. The molecule has 0 saturated carbocycles. The van der Waals surface area contributed by atoms with Crippen LogP contribution in [-0.4, -0.2) is 30.2 Å². The van der Waals surface area contributed by atoms with Crippen molar-refractivity contribution in [3.05, 3.63) is 58.1 Å². The van der Waals surface area contributed by atoms with E-state index in [1.807, 2.05) is 18.2 Å². The Balaban J connectivity index is 1.63. The molecule has 1 unspecified atom stereocenters. The molecule has 0 aliphatic carbocycles. The monoisotopic (exact) mass is 329 g/mol. The van der Waals surface area contributed by atoms with Crippen molar-refractivity contribution in [1.29, 1.82) is 0 Å². The molecule has 0 radical (unpaired) electrons. The third kappa shape index (κ3) is 3.97. The van der Waals surface area contributed by atoms with Crippen molar-refractivity contribution in [2.45, 2.75) is 25.8 Å². The van der Waals surface area contributed by atoms with Crippen LogP contribution in [0.4, 0.5) is 0 Å². The first-order valence-corrected chi connectivity index (χ1v) is 8.30. The first kappa shape index (κ1) is 16.6. The van der Waals surface area contributed by atoms with Crippen molar-refractivity contribution in [2.75, 3.05) is 20.2 Å². The van der Waals surface area contributed by atoms with Gasteiger partial charge in [-0.3, -0.25) is 9.69 Å². The van der Waals surface area contributed by atoms with E-state index in [-0.39, 0.29) is 11.2 Å². The fourth-order valence-electron chi connectivity index (χ4n) is 3.39. The Labute approximate surface area is 141 Å². The van der Waals surface area contributed by atoms with Gasteiger partial charge in [0.2, 0.25) is 5.43 Å². The van der Waals surface area contributed by atoms with E-state index in [2.05, 4.69) is 11.0 Å². The van der Waals surface area contributed by atoms with Gasteiger partial charge in [-0.05, 0) is 43.4 Å². The van der Waals surface area contributed by atoms with E-state index in [9.17, 15) is 9.90 Å². The molecule has 128 valence electrons. The van der Waals surface area contributed by atoms with Crippen LogP contribution in [0.2, 0.25) is 0 Å². The third-order valence-corrected chi connectivity index (χ3v) is 4.55. The van der Waals surface area contributed by atoms with Gasteiger partial charge < -0.3 is 14.3 Å². The molecule has 24 heavy (non-hydrogen) atoms. The summed E-state index contributed by atoms with van der Waals surface area (Å²) in [6.45, 7) is 2.55. The van der Waals surface area contributed by atoms with Crippen LogP contribution >= 0.6 is 0 Å². The van der Waals surface area contributed by atoms with Crippen molar-refractivity contribution in [2.24, 2.45) is 5.92 Å². The number of hydrogen-bond donors (Lipinski definition) is 1. The van der Waals surface area contributed by atoms with Gasteiger partial charge in [0.05, 0.1) is 13.7 Å². The average Bonchev–Trinajstić information content (AvgIpc) is 2.59. The molecule has 1 N–H and O–H groups in total. The number of aromatic hydroxyl groups is 1. The topological polar surface area (TPSA) is 62.9 Å². The van der Waals surface area contributed by atoms with Gasteiger partial charge in [-0.25, -0.2) is 0 Å². The zero-order valence-electron chi connectivity index (χ0n) is 13.9. The second kappa shape index (κ2) is 7.53. The highest BCUT2D eigenvalue weighted by atomic mass is 16.5. The minimum atomic E-state index is -0.390. The second-order valence-corrected chi connectivity index (χ2v) is 6.36. The Morgan fingerprint density at radius 2 is 2.21 bits per heavy atom. The fraction of sp³-hybridized carbons (Fsp3) is 0.421. The first-order valence-electron chi connectivity index (χ1n) is 8.30. The average molecular weight is 329 g/mol.